The largest absolute Gasteiger partial charge is 0.309 e. The smallest absolute Gasteiger partial charge is 0.0584 e. The average molecular weight is 241 g/mol. The Bertz CT molecular complexity index is 282. The van der Waals surface area contributed by atoms with Crippen LogP contribution in [0.2, 0.25) is 0 Å². The maximum Gasteiger partial charge on any atom is 0.0584 e. The van der Waals surface area contributed by atoms with Crippen LogP contribution in [0, 0.1) is 0 Å². The van der Waals surface area contributed by atoms with E-state index in [-0.39, 0.29) is 0 Å². The van der Waals surface area contributed by atoms with Crippen LogP contribution in [-0.2, 0) is 0 Å². The molecule has 0 radical (unpaired) electrons. The fourth-order valence-corrected chi connectivity index (χ4v) is 2.07. The third-order valence-corrected chi connectivity index (χ3v) is 2.90. The van der Waals surface area contributed by atoms with E-state index in [4.69, 9.17) is 0 Å². The maximum atomic E-state index is 4.37. The van der Waals surface area contributed by atoms with Crippen LogP contribution < -0.4 is 5.32 Å². The molecule has 0 aromatic carbocycles. The highest BCUT2D eigenvalue weighted by molar-refractivity contribution is 9.10. The van der Waals surface area contributed by atoms with Gasteiger partial charge >= 0.3 is 0 Å². The minimum atomic E-state index is 0.464. The molecule has 0 amide bonds. The lowest BCUT2D eigenvalue weighted by atomic mass is 10.0. The molecule has 2 heterocycles. The predicted octanol–water partition coefficient (Wildman–Crippen LogP) is 2.66. The minimum Gasteiger partial charge on any atom is -0.309 e. The molecule has 1 aliphatic heterocycles. The number of piperidine rings is 1. The molecule has 1 aliphatic rings. The molecular weight excluding hydrogens is 228 g/mol. The van der Waals surface area contributed by atoms with Gasteiger partial charge in [-0.15, -0.1) is 0 Å². The second-order valence-electron chi connectivity index (χ2n) is 3.40. The normalized spacial score (nSPS) is 23.0. The van der Waals surface area contributed by atoms with Gasteiger partial charge in [-0.1, -0.05) is 22.4 Å². The third-order valence-electron chi connectivity index (χ3n) is 2.41. The van der Waals surface area contributed by atoms with E-state index in [1.54, 1.807) is 0 Å². The summed E-state index contributed by atoms with van der Waals surface area (Å²) in [5.41, 5.74) is 1.16. The highest BCUT2D eigenvalue weighted by Crippen LogP contribution is 2.22. The van der Waals surface area contributed by atoms with Crippen molar-refractivity contribution in [3.63, 3.8) is 0 Å². The summed E-state index contributed by atoms with van der Waals surface area (Å²) in [6.45, 7) is 1.12. The standard InChI is InChI=1S/C10H13BrN2/c11-8-4-6-13-10(7-8)9-3-1-2-5-12-9/h4,6-7,9,12H,1-3,5H2. The summed E-state index contributed by atoms with van der Waals surface area (Å²) < 4.78 is 1.12. The van der Waals surface area contributed by atoms with Crippen LogP contribution in [0.5, 0.6) is 0 Å². The Labute approximate surface area is 86.9 Å². The monoisotopic (exact) mass is 240 g/mol. The molecule has 2 nitrogen and oxygen atoms in total. The zero-order valence-electron chi connectivity index (χ0n) is 7.46. The first-order chi connectivity index (χ1) is 6.36. The van der Waals surface area contributed by atoms with Crippen molar-refractivity contribution >= 4 is 15.9 Å². The first-order valence-electron chi connectivity index (χ1n) is 4.71. The molecule has 1 aromatic heterocycles. The SMILES string of the molecule is Brc1ccnc(C2CCCCN2)c1. The molecule has 1 saturated heterocycles. The molecule has 70 valence electrons. The van der Waals surface area contributed by atoms with Crippen molar-refractivity contribution in [1.82, 2.24) is 10.3 Å². The van der Waals surface area contributed by atoms with Crippen molar-refractivity contribution in [2.75, 3.05) is 6.54 Å². The first-order valence-corrected chi connectivity index (χ1v) is 5.50. The topological polar surface area (TPSA) is 24.9 Å². The van der Waals surface area contributed by atoms with E-state index in [1.807, 2.05) is 12.3 Å². The molecule has 0 aliphatic carbocycles. The number of rotatable bonds is 1. The Kier molecular flexibility index (Phi) is 2.96. The van der Waals surface area contributed by atoms with E-state index in [1.165, 1.54) is 19.3 Å². The molecule has 1 unspecified atom stereocenters. The van der Waals surface area contributed by atoms with E-state index < -0.39 is 0 Å². The van der Waals surface area contributed by atoms with Crippen molar-refractivity contribution in [2.45, 2.75) is 25.3 Å². The lowest BCUT2D eigenvalue weighted by Gasteiger charge is -2.22. The maximum absolute atomic E-state index is 4.37. The third kappa shape index (κ3) is 2.29. The summed E-state index contributed by atoms with van der Waals surface area (Å²) in [5.74, 6) is 0. The number of aromatic nitrogens is 1. The number of nitrogens with one attached hydrogen (secondary N) is 1. The van der Waals surface area contributed by atoms with Crippen LogP contribution in [0.15, 0.2) is 22.8 Å². The zero-order chi connectivity index (χ0) is 9.10. The van der Waals surface area contributed by atoms with Crippen molar-refractivity contribution in [2.24, 2.45) is 0 Å². The molecule has 1 atom stereocenters. The summed E-state index contributed by atoms with van der Waals surface area (Å²) >= 11 is 3.46. The van der Waals surface area contributed by atoms with Crippen LogP contribution in [0.1, 0.15) is 31.0 Å². The fraction of sp³-hybridized carbons (Fsp3) is 0.500. The van der Waals surface area contributed by atoms with Gasteiger partial charge in [-0.25, -0.2) is 0 Å². The van der Waals surface area contributed by atoms with Gasteiger partial charge in [-0.2, -0.15) is 0 Å². The molecule has 2 rings (SSSR count). The van der Waals surface area contributed by atoms with Crippen molar-refractivity contribution < 1.29 is 0 Å². The lowest BCUT2D eigenvalue weighted by Crippen LogP contribution is -2.27. The minimum absolute atomic E-state index is 0.464. The molecular formula is C10H13BrN2. The highest BCUT2D eigenvalue weighted by Gasteiger charge is 2.15. The van der Waals surface area contributed by atoms with Gasteiger partial charge in [-0.05, 0) is 31.5 Å². The Morgan fingerprint density at radius 1 is 1.46 bits per heavy atom. The molecule has 1 aromatic rings. The molecule has 3 heteroatoms. The van der Waals surface area contributed by atoms with Gasteiger partial charge in [0.1, 0.15) is 0 Å². The van der Waals surface area contributed by atoms with Crippen LogP contribution >= 0.6 is 15.9 Å². The Morgan fingerprint density at radius 2 is 2.38 bits per heavy atom. The van der Waals surface area contributed by atoms with Gasteiger partial charge in [0.15, 0.2) is 0 Å². The van der Waals surface area contributed by atoms with Gasteiger partial charge in [-0.3, -0.25) is 4.98 Å². The van der Waals surface area contributed by atoms with Gasteiger partial charge in [0.2, 0.25) is 0 Å². The van der Waals surface area contributed by atoms with Crippen LogP contribution in [-0.4, -0.2) is 11.5 Å². The lowest BCUT2D eigenvalue weighted by molar-refractivity contribution is 0.405. The zero-order valence-corrected chi connectivity index (χ0v) is 9.05. The van der Waals surface area contributed by atoms with Gasteiger partial charge in [0, 0.05) is 16.7 Å². The van der Waals surface area contributed by atoms with Crippen molar-refractivity contribution in [3.8, 4) is 0 Å². The number of pyridine rings is 1. The number of hydrogen-bond donors (Lipinski definition) is 1. The van der Waals surface area contributed by atoms with Crippen molar-refractivity contribution in [3.05, 3.63) is 28.5 Å². The van der Waals surface area contributed by atoms with Gasteiger partial charge in [0.05, 0.1) is 5.69 Å². The number of hydrogen-bond acceptors (Lipinski definition) is 2. The van der Waals surface area contributed by atoms with E-state index in [9.17, 15) is 0 Å². The first kappa shape index (κ1) is 9.16. The van der Waals surface area contributed by atoms with Crippen LogP contribution in [0.3, 0.4) is 0 Å². The predicted molar refractivity (Wildman–Crippen MR) is 56.5 cm³/mol. The molecule has 1 fully saturated rings. The van der Waals surface area contributed by atoms with Gasteiger partial charge < -0.3 is 5.32 Å². The van der Waals surface area contributed by atoms with Crippen LogP contribution in [0.25, 0.3) is 0 Å². The Hall–Kier alpha value is -0.410. The van der Waals surface area contributed by atoms with Crippen molar-refractivity contribution in [1.29, 1.82) is 0 Å². The molecule has 0 spiro atoms. The quantitative estimate of drug-likeness (QED) is 0.817. The molecule has 0 bridgehead atoms. The van der Waals surface area contributed by atoms with E-state index in [0.717, 1.165) is 16.7 Å². The molecule has 0 saturated carbocycles. The summed E-state index contributed by atoms with van der Waals surface area (Å²) in [6.07, 6.45) is 5.68. The Balaban J connectivity index is 2.14. The van der Waals surface area contributed by atoms with E-state index in [0.29, 0.717) is 6.04 Å². The van der Waals surface area contributed by atoms with E-state index in [2.05, 4.69) is 32.3 Å². The summed E-state index contributed by atoms with van der Waals surface area (Å²) in [5, 5.41) is 3.48. The Morgan fingerprint density at radius 3 is 3.08 bits per heavy atom. The number of nitrogens with zero attached hydrogens (tertiary/aromatic N) is 1. The van der Waals surface area contributed by atoms with Gasteiger partial charge in [0.25, 0.3) is 0 Å². The van der Waals surface area contributed by atoms with E-state index >= 15 is 0 Å². The summed E-state index contributed by atoms with van der Waals surface area (Å²) in [4.78, 5) is 4.37. The van der Waals surface area contributed by atoms with Crippen LogP contribution in [0.4, 0.5) is 0 Å². The molecule has 13 heavy (non-hydrogen) atoms. The summed E-state index contributed by atoms with van der Waals surface area (Å²) in [6, 6.07) is 4.53. The number of halogens is 1. The second kappa shape index (κ2) is 4.20. The summed E-state index contributed by atoms with van der Waals surface area (Å²) in [7, 11) is 0. The second-order valence-corrected chi connectivity index (χ2v) is 4.32. The fourth-order valence-electron chi connectivity index (χ4n) is 1.72. The highest BCUT2D eigenvalue weighted by atomic mass is 79.9. The molecule has 1 N–H and O–H groups in total. The average Bonchev–Trinajstić information content (AvgIpc) is 2.19.